The highest BCUT2D eigenvalue weighted by Gasteiger charge is 2.26. The smallest absolute Gasteiger partial charge is 0.0609 e. The van der Waals surface area contributed by atoms with Gasteiger partial charge in [-0.25, -0.2) is 0 Å². The van der Waals surface area contributed by atoms with Crippen molar-refractivity contribution in [2.24, 2.45) is 5.73 Å². The average molecular weight is 245 g/mol. The first-order valence-corrected chi connectivity index (χ1v) is 6.53. The first kappa shape index (κ1) is 16.8. The monoisotopic (exact) mass is 245 g/mol. The molecule has 3 atom stereocenters. The molecule has 0 spiro atoms. The van der Waals surface area contributed by atoms with Crippen LogP contribution in [-0.4, -0.2) is 66.3 Å². The summed E-state index contributed by atoms with van der Waals surface area (Å²) in [6, 6.07) is 0.886. The van der Waals surface area contributed by atoms with Crippen LogP contribution >= 0.6 is 0 Å². The van der Waals surface area contributed by atoms with Crippen LogP contribution in [0, 0.1) is 0 Å². The first-order valence-electron chi connectivity index (χ1n) is 6.53. The van der Waals surface area contributed by atoms with E-state index >= 15 is 0 Å². The summed E-state index contributed by atoms with van der Waals surface area (Å²) < 4.78 is 0. The Bertz CT molecular complexity index is 207. The lowest BCUT2D eigenvalue weighted by molar-refractivity contribution is 0.0997. The van der Waals surface area contributed by atoms with E-state index < -0.39 is 5.54 Å². The minimum absolute atomic E-state index is 0.0386. The van der Waals surface area contributed by atoms with Gasteiger partial charge < -0.3 is 15.7 Å². The Hall–Kier alpha value is -0.160. The normalized spacial score (nSPS) is 19.4. The zero-order valence-corrected chi connectivity index (χ0v) is 12.4. The van der Waals surface area contributed by atoms with Crippen molar-refractivity contribution in [3.8, 4) is 0 Å². The molecule has 0 aliphatic carbocycles. The van der Waals surface area contributed by atoms with Gasteiger partial charge in [0.25, 0.3) is 0 Å². The van der Waals surface area contributed by atoms with Gasteiger partial charge >= 0.3 is 0 Å². The molecule has 4 heteroatoms. The van der Waals surface area contributed by atoms with E-state index in [2.05, 4.69) is 44.7 Å². The van der Waals surface area contributed by atoms with Gasteiger partial charge in [-0.3, -0.25) is 4.90 Å². The number of likely N-dealkylation sites (N-methyl/N-ethyl adjacent to an activating group) is 2. The Morgan fingerprint density at radius 1 is 1.24 bits per heavy atom. The minimum Gasteiger partial charge on any atom is -0.394 e. The molecular weight excluding hydrogens is 214 g/mol. The highest BCUT2D eigenvalue weighted by Crippen LogP contribution is 2.16. The lowest BCUT2D eigenvalue weighted by Gasteiger charge is -2.38. The Kier molecular flexibility index (Phi) is 7.24. The lowest BCUT2D eigenvalue weighted by atomic mass is 9.94. The number of aliphatic hydroxyl groups excluding tert-OH is 1. The van der Waals surface area contributed by atoms with Gasteiger partial charge in [0.05, 0.1) is 6.61 Å². The maximum absolute atomic E-state index is 9.23. The van der Waals surface area contributed by atoms with Gasteiger partial charge in [-0.15, -0.1) is 0 Å². The molecule has 0 saturated carbocycles. The van der Waals surface area contributed by atoms with Gasteiger partial charge in [0.15, 0.2) is 0 Å². The van der Waals surface area contributed by atoms with Gasteiger partial charge in [0.1, 0.15) is 0 Å². The van der Waals surface area contributed by atoms with E-state index in [0.29, 0.717) is 12.1 Å². The summed E-state index contributed by atoms with van der Waals surface area (Å²) >= 11 is 0. The Labute approximate surface area is 107 Å². The van der Waals surface area contributed by atoms with E-state index in [4.69, 9.17) is 5.73 Å². The largest absolute Gasteiger partial charge is 0.394 e. The Balaban J connectivity index is 4.44. The second-order valence-corrected chi connectivity index (χ2v) is 5.81. The molecule has 3 unspecified atom stereocenters. The number of rotatable bonds is 8. The molecule has 0 radical (unpaired) electrons. The maximum atomic E-state index is 9.23. The van der Waals surface area contributed by atoms with Crippen molar-refractivity contribution in [3.05, 3.63) is 0 Å². The maximum Gasteiger partial charge on any atom is 0.0609 e. The van der Waals surface area contributed by atoms with Crippen LogP contribution in [0.5, 0.6) is 0 Å². The van der Waals surface area contributed by atoms with Crippen molar-refractivity contribution < 1.29 is 5.11 Å². The van der Waals surface area contributed by atoms with Crippen LogP contribution in [-0.2, 0) is 0 Å². The molecule has 0 aromatic heterocycles. The van der Waals surface area contributed by atoms with Gasteiger partial charge in [-0.2, -0.15) is 0 Å². The number of hydrogen-bond donors (Lipinski definition) is 2. The number of nitrogens with two attached hydrogens (primary N) is 1. The van der Waals surface area contributed by atoms with Crippen molar-refractivity contribution in [1.82, 2.24) is 9.80 Å². The van der Waals surface area contributed by atoms with Crippen LogP contribution in [0.25, 0.3) is 0 Å². The number of hydrogen-bond acceptors (Lipinski definition) is 4. The van der Waals surface area contributed by atoms with Gasteiger partial charge in [0, 0.05) is 24.2 Å². The third-order valence-electron chi connectivity index (χ3n) is 3.25. The molecule has 0 amide bonds. The quantitative estimate of drug-likeness (QED) is 0.662. The summed E-state index contributed by atoms with van der Waals surface area (Å²) in [6.07, 6.45) is 0.815. The molecule has 17 heavy (non-hydrogen) atoms. The summed E-state index contributed by atoms with van der Waals surface area (Å²) in [7, 11) is 4.19. The standard InChI is InChI=1S/C13H31N3O/c1-7-16(12(3)9-15(5)6)11(2)8-13(4,14)10-17/h11-12,17H,7-10,14H2,1-6H3. The molecule has 0 aliphatic heterocycles. The molecule has 0 saturated heterocycles. The third kappa shape index (κ3) is 6.36. The van der Waals surface area contributed by atoms with E-state index in [1.807, 2.05) is 6.92 Å². The predicted molar refractivity (Wildman–Crippen MR) is 74.2 cm³/mol. The fourth-order valence-corrected chi connectivity index (χ4v) is 2.55. The molecule has 0 rings (SSSR count). The summed E-state index contributed by atoms with van der Waals surface area (Å²) in [6.45, 7) is 10.6. The predicted octanol–water partition coefficient (Wildman–Crippen LogP) is 0.747. The van der Waals surface area contributed by atoms with E-state index in [0.717, 1.165) is 19.5 Å². The molecular formula is C13H31N3O. The van der Waals surface area contributed by atoms with Crippen LogP contribution in [0.1, 0.15) is 34.1 Å². The molecule has 0 aliphatic rings. The Morgan fingerprint density at radius 3 is 2.12 bits per heavy atom. The van der Waals surface area contributed by atoms with Crippen LogP contribution in [0.2, 0.25) is 0 Å². The van der Waals surface area contributed by atoms with Crippen LogP contribution in [0.4, 0.5) is 0 Å². The third-order valence-corrected chi connectivity index (χ3v) is 3.25. The molecule has 104 valence electrons. The van der Waals surface area contributed by atoms with Crippen LogP contribution in [0.15, 0.2) is 0 Å². The Morgan fingerprint density at radius 2 is 1.76 bits per heavy atom. The van der Waals surface area contributed by atoms with E-state index in [1.165, 1.54) is 0 Å². The first-order chi connectivity index (χ1) is 7.73. The molecule has 0 heterocycles. The van der Waals surface area contributed by atoms with E-state index in [9.17, 15) is 5.11 Å². The second-order valence-electron chi connectivity index (χ2n) is 5.81. The minimum atomic E-state index is -0.481. The second kappa shape index (κ2) is 7.31. The topological polar surface area (TPSA) is 52.7 Å². The summed E-state index contributed by atoms with van der Waals surface area (Å²) in [5.74, 6) is 0. The SMILES string of the molecule is CCN(C(C)CN(C)C)C(C)CC(C)(N)CO. The zero-order valence-electron chi connectivity index (χ0n) is 12.4. The van der Waals surface area contributed by atoms with Crippen molar-refractivity contribution in [2.75, 3.05) is 33.8 Å². The lowest BCUT2D eigenvalue weighted by Crippen LogP contribution is -2.51. The van der Waals surface area contributed by atoms with Crippen LogP contribution in [0.3, 0.4) is 0 Å². The molecule has 3 N–H and O–H groups in total. The molecule has 0 aromatic carbocycles. The van der Waals surface area contributed by atoms with Gasteiger partial charge in [0.2, 0.25) is 0 Å². The van der Waals surface area contributed by atoms with Crippen molar-refractivity contribution in [3.63, 3.8) is 0 Å². The highest BCUT2D eigenvalue weighted by molar-refractivity contribution is 4.85. The zero-order chi connectivity index (χ0) is 13.6. The summed E-state index contributed by atoms with van der Waals surface area (Å²) in [4.78, 5) is 4.65. The fraction of sp³-hybridized carbons (Fsp3) is 1.00. The van der Waals surface area contributed by atoms with Crippen molar-refractivity contribution >= 4 is 0 Å². The molecule has 0 fully saturated rings. The van der Waals surface area contributed by atoms with Crippen LogP contribution < -0.4 is 5.73 Å². The summed E-state index contributed by atoms with van der Waals surface area (Å²) in [5, 5.41) is 9.23. The van der Waals surface area contributed by atoms with E-state index in [1.54, 1.807) is 0 Å². The number of aliphatic hydroxyl groups is 1. The van der Waals surface area contributed by atoms with E-state index in [-0.39, 0.29) is 6.61 Å². The molecule has 0 aromatic rings. The summed E-state index contributed by atoms with van der Waals surface area (Å²) in [5.41, 5.74) is 5.54. The van der Waals surface area contributed by atoms with Crippen molar-refractivity contribution in [1.29, 1.82) is 0 Å². The molecule has 4 nitrogen and oxygen atoms in total. The number of nitrogens with zero attached hydrogens (tertiary/aromatic N) is 2. The van der Waals surface area contributed by atoms with Gasteiger partial charge in [-0.05, 0) is 47.8 Å². The average Bonchev–Trinajstić information content (AvgIpc) is 2.16. The van der Waals surface area contributed by atoms with Crippen molar-refractivity contribution in [2.45, 2.75) is 51.7 Å². The molecule has 0 bridgehead atoms. The van der Waals surface area contributed by atoms with Gasteiger partial charge in [-0.1, -0.05) is 6.92 Å². The highest BCUT2D eigenvalue weighted by atomic mass is 16.3. The fourth-order valence-electron chi connectivity index (χ4n) is 2.55.